The standard InChI is InChI=1S/C26H31N7O/c1-17-15-21(16-18(2)28-17)22-23(20-7-5-4-6-8-20)29-25(27)33-24(22)30-32(26(33)34)14-11-19-9-12-31(3)13-10-19/h4-8,15-16,19H,9-14H2,1-3H3,(H2,27,29)/p+1. The third kappa shape index (κ3) is 4.21. The predicted octanol–water partition coefficient (Wildman–Crippen LogP) is 2.97. The Bertz CT molecular complexity index is 1360. The molecule has 8 heteroatoms. The zero-order valence-electron chi connectivity index (χ0n) is 20.1. The lowest BCUT2D eigenvalue weighted by Crippen LogP contribution is -2.32. The molecule has 1 aliphatic rings. The molecule has 1 fully saturated rings. The lowest BCUT2D eigenvalue weighted by Gasteiger charge is -2.28. The number of H-pyrrole nitrogens is 1. The molecular formula is C26H32N7O+. The highest BCUT2D eigenvalue weighted by Gasteiger charge is 2.26. The summed E-state index contributed by atoms with van der Waals surface area (Å²) < 4.78 is 3.08. The van der Waals surface area contributed by atoms with E-state index in [1.54, 1.807) is 4.68 Å². The second kappa shape index (κ2) is 9.02. The fourth-order valence-electron chi connectivity index (χ4n) is 5.02. The first-order valence-corrected chi connectivity index (χ1v) is 11.9. The minimum absolute atomic E-state index is 0.208. The van der Waals surface area contributed by atoms with Gasteiger partial charge in [-0.05, 0) is 76.9 Å². The van der Waals surface area contributed by atoms with Gasteiger partial charge in [-0.1, -0.05) is 30.3 Å². The minimum Gasteiger partial charge on any atom is -0.306 e. The Kier molecular flexibility index (Phi) is 5.91. The number of aryl methyl sites for hydroxylation is 3. The topological polar surface area (TPSA) is 95.6 Å². The Morgan fingerprint density at radius 2 is 1.74 bits per heavy atom. The van der Waals surface area contributed by atoms with Gasteiger partial charge in [-0.3, -0.25) is 10.7 Å². The van der Waals surface area contributed by atoms with Crippen LogP contribution in [0.25, 0.3) is 28.0 Å². The number of nitrogens with zero attached hydrogens (tertiary/aromatic N) is 5. The maximum Gasteiger partial charge on any atom is 0.411 e. The zero-order valence-corrected chi connectivity index (χ0v) is 20.1. The van der Waals surface area contributed by atoms with E-state index in [0.717, 1.165) is 66.1 Å². The molecule has 0 aliphatic carbocycles. The van der Waals surface area contributed by atoms with Gasteiger partial charge < -0.3 is 4.90 Å². The molecule has 34 heavy (non-hydrogen) atoms. The molecule has 0 radical (unpaired) electrons. The number of fused-ring (bicyclic) bond motifs is 1. The Morgan fingerprint density at radius 1 is 1.06 bits per heavy atom. The van der Waals surface area contributed by atoms with Crippen LogP contribution in [0.2, 0.25) is 0 Å². The molecule has 1 aliphatic heterocycles. The van der Waals surface area contributed by atoms with E-state index >= 15 is 0 Å². The fraction of sp³-hybridized carbons (Fsp3) is 0.385. The summed E-state index contributed by atoms with van der Waals surface area (Å²) in [5.74, 6) is 0.886. The summed E-state index contributed by atoms with van der Waals surface area (Å²) in [5, 5.41) is 4.83. The van der Waals surface area contributed by atoms with Gasteiger partial charge in [0.15, 0.2) is 0 Å². The van der Waals surface area contributed by atoms with Crippen LogP contribution in [-0.4, -0.2) is 44.2 Å². The molecule has 1 aromatic carbocycles. The Balaban J connectivity index is 1.65. The van der Waals surface area contributed by atoms with Gasteiger partial charge in [0.1, 0.15) is 5.69 Å². The van der Waals surface area contributed by atoms with Crippen molar-refractivity contribution in [2.24, 2.45) is 5.92 Å². The molecule has 0 unspecified atom stereocenters. The molecular weight excluding hydrogens is 426 g/mol. The van der Waals surface area contributed by atoms with Crippen molar-refractivity contribution in [3.63, 3.8) is 0 Å². The van der Waals surface area contributed by atoms with Gasteiger partial charge in [0.05, 0.1) is 5.56 Å². The van der Waals surface area contributed by atoms with Crippen molar-refractivity contribution in [3.05, 3.63) is 64.3 Å². The normalized spacial score (nSPS) is 15.3. The lowest BCUT2D eigenvalue weighted by atomic mass is 9.94. The maximum atomic E-state index is 13.4. The number of piperidine rings is 1. The molecule has 176 valence electrons. The predicted molar refractivity (Wildman–Crippen MR) is 133 cm³/mol. The van der Waals surface area contributed by atoms with Crippen LogP contribution in [0, 0.1) is 19.8 Å². The van der Waals surface area contributed by atoms with Gasteiger partial charge in [0.2, 0.25) is 5.65 Å². The number of aromatic amines is 1. The van der Waals surface area contributed by atoms with Crippen molar-refractivity contribution in [1.29, 1.82) is 0 Å². The molecule has 0 spiro atoms. The molecule has 0 saturated carbocycles. The minimum atomic E-state index is -0.208. The van der Waals surface area contributed by atoms with E-state index in [0.29, 0.717) is 18.1 Å². The second-order valence-corrected chi connectivity index (χ2v) is 9.46. The van der Waals surface area contributed by atoms with Crippen LogP contribution >= 0.6 is 0 Å². The van der Waals surface area contributed by atoms with Crippen LogP contribution in [0.1, 0.15) is 30.7 Å². The molecule has 0 atom stereocenters. The molecule has 4 aromatic rings. The molecule has 3 N–H and O–H groups in total. The number of hydrogen-bond donors (Lipinski definition) is 1. The molecule has 0 amide bonds. The summed E-state index contributed by atoms with van der Waals surface area (Å²) >= 11 is 0. The van der Waals surface area contributed by atoms with E-state index in [9.17, 15) is 4.79 Å². The van der Waals surface area contributed by atoms with E-state index in [2.05, 4.69) is 21.9 Å². The van der Waals surface area contributed by atoms with Crippen molar-refractivity contribution in [2.45, 2.75) is 39.7 Å². The number of pyridine rings is 1. The molecule has 0 bridgehead atoms. The number of nitrogen functional groups attached to an aromatic ring is 1. The average Bonchev–Trinajstić information content (AvgIpc) is 3.15. The van der Waals surface area contributed by atoms with Gasteiger partial charge >= 0.3 is 11.6 Å². The van der Waals surface area contributed by atoms with Crippen molar-refractivity contribution >= 4 is 11.6 Å². The van der Waals surface area contributed by atoms with Crippen molar-refractivity contribution < 1.29 is 4.98 Å². The molecule has 4 heterocycles. The van der Waals surface area contributed by atoms with E-state index in [1.807, 2.05) is 56.3 Å². The van der Waals surface area contributed by atoms with Crippen LogP contribution in [0.5, 0.6) is 0 Å². The van der Waals surface area contributed by atoms with Gasteiger partial charge in [0, 0.05) is 23.5 Å². The highest BCUT2D eigenvalue weighted by molar-refractivity contribution is 5.88. The van der Waals surface area contributed by atoms with Gasteiger partial charge in [0.25, 0.3) is 0 Å². The number of rotatable bonds is 5. The Morgan fingerprint density at radius 3 is 2.41 bits per heavy atom. The molecule has 3 aromatic heterocycles. The van der Waals surface area contributed by atoms with Crippen LogP contribution in [-0.2, 0) is 6.54 Å². The smallest absolute Gasteiger partial charge is 0.306 e. The molecule has 8 nitrogen and oxygen atoms in total. The summed E-state index contributed by atoms with van der Waals surface area (Å²) in [5.41, 5.74) is 12.2. The quantitative estimate of drug-likeness (QED) is 0.496. The summed E-state index contributed by atoms with van der Waals surface area (Å²) in [6, 6.07) is 14.1. The van der Waals surface area contributed by atoms with Crippen molar-refractivity contribution in [2.75, 3.05) is 25.9 Å². The first kappa shape index (κ1) is 22.3. The van der Waals surface area contributed by atoms with Gasteiger partial charge in [-0.2, -0.15) is 4.68 Å². The number of nitrogens with one attached hydrogen (secondary N) is 1. The van der Waals surface area contributed by atoms with Crippen molar-refractivity contribution in [1.82, 2.24) is 24.1 Å². The summed E-state index contributed by atoms with van der Waals surface area (Å²) in [6.07, 6.45) is 3.26. The van der Waals surface area contributed by atoms with E-state index in [1.165, 1.54) is 4.40 Å². The average molecular weight is 459 g/mol. The first-order chi connectivity index (χ1) is 16.4. The van der Waals surface area contributed by atoms with Crippen LogP contribution in [0.3, 0.4) is 0 Å². The van der Waals surface area contributed by atoms with E-state index in [4.69, 9.17) is 10.8 Å². The maximum absolute atomic E-state index is 13.4. The van der Waals surface area contributed by atoms with Crippen LogP contribution < -0.4 is 16.4 Å². The number of benzene rings is 1. The fourth-order valence-corrected chi connectivity index (χ4v) is 5.02. The SMILES string of the molecule is Cc1cc(-c2c(-c3ccccc3)[nH+]c(N)n3c(=O)n(CCC4CCN(C)CC4)nc23)cc(C)n1. The molecule has 1 saturated heterocycles. The van der Waals surface area contributed by atoms with Crippen LogP contribution in [0.15, 0.2) is 47.3 Å². The monoisotopic (exact) mass is 458 g/mol. The summed E-state index contributed by atoms with van der Waals surface area (Å²) in [6.45, 7) is 6.76. The Labute approximate surface area is 199 Å². The van der Waals surface area contributed by atoms with Gasteiger partial charge in [-0.15, -0.1) is 9.50 Å². The second-order valence-electron chi connectivity index (χ2n) is 9.46. The third-order valence-electron chi connectivity index (χ3n) is 6.83. The molecule has 5 rings (SSSR count). The first-order valence-electron chi connectivity index (χ1n) is 11.9. The number of hydrogen-bond acceptors (Lipinski definition) is 5. The highest BCUT2D eigenvalue weighted by Crippen LogP contribution is 2.33. The number of aromatic nitrogens is 5. The zero-order chi connectivity index (χ0) is 23.8. The van der Waals surface area contributed by atoms with E-state index < -0.39 is 0 Å². The van der Waals surface area contributed by atoms with Crippen LogP contribution in [0.4, 0.5) is 5.95 Å². The van der Waals surface area contributed by atoms with E-state index in [-0.39, 0.29) is 11.6 Å². The summed E-state index contributed by atoms with van der Waals surface area (Å²) in [7, 11) is 2.16. The largest absolute Gasteiger partial charge is 0.411 e. The number of likely N-dealkylation sites (tertiary alicyclic amines) is 1. The number of anilines is 1. The van der Waals surface area contributed by atoms with Gasteiger partial charge in [-0.25, -0.2) is 9.78 Å². The highest BCUT2D eigenvalue weighted by atomic mass is 16.2. The lowest BCUT2D eigenvalue weighted by molar-refractivity contribution is -0.351. The summed E-state index contributed by atoms with van der Waals surface area (Å²) in [4.78, 5) is 23.6. The third-order valence-corrected chi connectivity index (χ3v) is 6.83. The number of nitrogens with two attached hydrogens (primary N) is 1. The van der Waals surface area contributed by atoms with Crippen molar-refractivity contribution in [3.8, 4) is 22.4 Å². The Hall–Kier alpha value is -3.52.